The summed E-state index contributed by atoms with van der Waals surface area (Å²) in [6.07, 6.45) is 0. The Morgan fingerprint density at radius 3 is 2.22 bits per heavy atom. The number of benzene rings is 2. The first-order valence-corrected chi connectivity index (χ1v) is 6.35. The lowest BCUT2D eigenvalue weighted by molar-refractivity contribution is 0.103. The third kappa shape index (κ3) is 2.51. The van der Waals surface area contributed by atoms with Crippen LogP contribution in [0.15, 0.2) is 40.9 Å². The summed E-state index contributed by atoms with van der Waals surface area (Å²) in [6.45, 7) is 3.73. The van der Waals surface area contributed by atoms with Crippen LogP contribution in [0.5, 0.6) is 0 Å². The van der Waals surface area contributed by atoms with Crippen LogP contribution in [0.2, 0.25) is 0 Å². The minimum atomic E-state index is -0.487. The van der Waals surface area contributed by atoms with Crippen molar-refractivity contribution in [3.63, 3.8) is 0 Å². The van der Waals surface area contributed by atoms with Crippen LogP contribution in [0.4, 0.5) is 4.39 Å². The summed E-state index contributed by atoms with van der Waals surface area (Å²) in [7, 11) is 0. The molecule has 0 spiro atoms. The van der Waals surface area contributed by atoms with Gasteiger partial charge in [-0.2, -0.15) is 0 Å². The van der Waals surface area contributed by atoms with Gasteiger partial charge in [0.2, 0.25) is 0 Å². The first-order chi connectivity index (χ1) is 8.49. The van der Waals surface area contributed by atoms with Gasteiger partial charge in [0.1, 0.15) is 5.82 Å². The maximum atomic E-state index is 13.7. The molecule has 0 fully saturated rings. The smallest absolute Gasteiger partial charge is 0.197 e. The van der Waals surface area contributed by atoms with E-state index in [0.29, 0.717) is 10.0 Å². The van der Waals surface area contributed by atoms with E-state index >= 15 is 0 Å². The van der Waals surface area contributed by atoms with Crippen LogP contribution in [-0.2, 0) is 0 Å². The van der Waals surface area contributed by atoms with Crippen molar-refractivity contribution >= 4 is 21.7 Å². The van der Waals surface area contributed by atoms with E-state index in [0.717, 1.165) is 11.1 Å². The van der Waals surface area contributed by atoms with Crippen LogP contribution in [0.25, 0.3) is 0 Å². The molecule has 1 nitrogen and oxygen atoms in total. The molecule has 0 atom stereocenters. The fraction of sp³-hybridized carbons (Fsp3) is 0.133. The molecule has 2 aromatic rings. The van der Waals surface area contributed by atoms with E-state index < -0.39 is 5.82 Å². The Morgan fingerprint density at radius 2 is 1.56 bits per heavy atom. The third-order valence-corrected chi connectivity index (χ3v) is 3.42. The second kappa shape index (κ2) is 5.02. The van der Waals surface area contributed by atoms with Crippen molar-refractivity contribution in [1.29, 1.82) is 0 Å². The summed E-state index contributed by atoms with van der Waals surface area (Å²) in [6, 6.07) is 10.0. The first kappa shape index (κ1) is 13.0. The summed E-state index contributed by atoms with van der Waals surface area (Å²) in [4.78, 5) is 12.3. The summed E-state index contributed by atoms with van der Waals surface area (Å²) < 4.78 is 14.4. The zero-order chi connectivity index (χ0) is 13.3. The molecule has 0 saturated heterocycles. The van der Waals surface area contributed by atoms with Gasteiger partial charge in [-0.25, -0.2) is 4.39 Å². The number of aryl methyl sites for hydroxylation is 2. The Kier molecular flexibility index (Phi) is 3.62. The number of carbonyl (C=O) groups is 1. The maximum Gasteiger partial charge on any atom is 0.197 e. The van der Waals surface area contributed by atoms with Gasteiger partial charge in [-0.3, -0.25) is 4.79 Å². The second-order valence-electron chi connectivity index (χ2n) is 4.30. The van der Waals surface area contributed by atoms with E-state index in [-0.39, 0.29) is 11.3 Å². The normalized spacial score (nSPS) is 10.4. The molecule has 0 radical (unpaired) electrons. The summed E-state index contributed by atoms with van der Waals surface area (Å²) >= 11 is 3.33. The number of halogens is 2. The molecule has 0 saturated carbocycles. The number of hydrogen-bond donors (Lipinski definition) is 0. The van der Waals surface area contributed by atoms with Crippen LogP contribution in [0.1, 0.15) is 27.0 Å². The second-order valence-corrected chi connectivity index (χ2v) is 5.15. The van der Waals surface area contributed by atoms with Crippen molar-refractivity contribution in [3.05, 3.63) is 68.9 Å². The molecule has 0 unspecified atom stereocenters. The standard InChI is InChI=1S/C15H12BrFO/c1-9-3-5-13(16)11(7-9)15(18)12-8-10(2)4-6-14(12)17/h3-8H,1-2H3. The van der Waals surface area contributed by atoms with Gasteiger partial charge < -0.3 is 0 Å². The molecular formula is C15H12BrFO. The molecule has 0 heterocycles. The summed E-state index contributed by atoms with van der Waals surface area (Å²) in [5.74, 6) is -0.786. The number of carbonyl (C=O) groups excluding carboxylic acids is 1. The van der Waals surface area contributed by atoms with Gasteiger partial charge in [0, 0.05) is 10.0 Å². The Bertz CT molecular complexity index is 566. The van der Waals surface area contributed by atoms with E-state index in [1.807, 2.05) is 19.9 Å². The number of ketones is 1. The predicted octanol–water partition coefficient (Wildman–Crippen LogP) is 4.44. The van der Waals surface area contributed by atoms with Gasteiger partial charge >= 0.3 is 0 Å². The average Bonchev–Trinajstić information content (AvgIpc) is 2.34. The zero-order valence-electron chi connectivity index (χ0n) is 10.1. The molecule has 0 aromatic heterocycles. The molecule has 0 amide bonds. The third-order valence-electron chi connectivity index (χ3n) is 2.73. The summed E-state index contributed by atoms with van der Waals surface area (Å²) in [5.41, 5.74) is 2.43. The Balaban J connectivity index is 2.54. The van der Waals surface area contributed by atoms with Gasteiger partial charge in [0.25, 0.3) is 0 Å². The van der Waals surface area contributed by atoms with E-state index in [9.17, 15) is 9.18 Å². The van der Waals surface area contributed by atoms with E-state index in [2.05, 4.69) is 15.9 Å². The fourth-order valence-electron chi connectivity index (χ4n) is 1.77. The lowest BCUT2D eigenvalue weighted by Gasteiger charge is -2.07. The highest BCUT2D eigenvalue weighted by atomic mass is 79.9. The van der Waals surface area contributed by atoms with Crippen molar-refractivity contribution in [1.82, 2.24) is 0 Å². The van der Waals surface area contributed by atoms with Crippen molar-refractivity contribution < 1.29 is 9.18 Å². The molecule has 2 aromatic carbocycles. The number of rotatable bonds is 2. The van der Waals surface area contributed by atoms with Gasteiger partial charge in [-0.1, -0.05) is 39.2 Å². The van der Waals surface area contributed by atoms with Gasteiger partial charge in [-0.15, -0.1) is 0 Å². The van der Waals surface area contributed by atoms with Crippen LogP contribution >= 0.6 is 15.9 Å². The highest BCUT2D eigenvalue weighted by Gasteiger charge is 2.16. The van der Waals surface area contributed by atoms with Crippen molar-refractivity contribution in [3.8, 4) is 0 Å². The van der Waals surface area contributed by atoms with E-state index in [1.54, 1.807) is 24.3 Å². The van der Waals surface area contributed by atoms with Crippen molar-refractivity contribution in [2.75, 3.05) is 0 Å². The molecule has 92 valence electrons. The highest BCUT2D eigenvalue weighted by molar-refractivity contribution is 9.10. The SMILES string of the molecule is Cc1ccc(F)c(C(=O)c2cc(C)ccc2Br)c1. The molecule has 0 bridgehead atoms. The first-order valence-electron chi connectivity index (χ1n) is 5.56. The van der Waals surface area contributed by atoms with Crippen molar-refractivity contribution in [2.45, 2.75) is 13.8 Å². The van der Waals surface area contributed by atoms with Gasteiger partial charge in [0.15, 0.2) is 5.78 Å². The highest BCUT2D eigenvalue weighted by Crippen LogP contribution is 2.23. The zero-order valence-corrected chi connectivity index (χ0v) is 11.7. The molecule has 2 rings (SSSR count). The molecule has 0 aliphatic rings. The quantitative estimate of drug-likeness (QED) is 0.750. The Hall–Kier alpha value is -1.48. The molecule has 0 aliphatic carbocycles. The van der Waals surface area contributed by atoms with Crippen LogP contribution in [0.3, 0.4) is 0 Å². The fourth-order valence-corrected chi connectivity index (χ4v) is 2.20. The van der Waals surface area contributed by atoms with Crippen LogP contribution < -0.4 is 0 Å². The molecule has 0 aliphatic heterocycles. The van der Waals surface area contributed by atoms with E-state index in [4.69, 9.17) is 0 Å². The predicted molar refractivity (Wildman–Crippen MR) is 73.4 cm³/mol. The monoisotopic (exact) mass is 306 g/mol. The largest absolute Gasteiger partial charge is 0.288 e. The van der Waals surface area contributed by atoms with Crippen LogP contribution in [0, 0.1) is 19.7 Å². The van der Waals surface area contributed by atoms with E-state index in [1.165, 1.54) is 6.07 Å². The molecule has 18 heavy (non-hydrogen) atoms. The summed E-state index contributed by atoms with van der Waals surface area (Å²) in [5, 5.41) is 0. The van der Waals surface area contributed by atoms with Crippen molar-refractivity contribution in [2.24, 2.45) is 0 Å². The number of hydrogen-bond acceptors (Lipinski definition) is 1. The molecule has 0 N–H and O–H groups in total. The Labute approximate surface area is 114 Å². The average molecular weight is 307 g/mol. The topological polar surface area (TPSA) is 17.1 Å². The van der Waals surface area contributed by atoms with Gasteiger partial charge in [-0.05, 0) is 38.1 Å². The van der Waals surface area contributed by atoms with Crippen LogP contribution in [-0.4, -0.2) is 5.78 Å². The van der Waals surface area contributed by atoms with Gasteiger partial charge in [0.05, 0.1) is 5.56 Å². The minimum Gasteiger partial charge on any atom is -0.288 e. The lowest BCUT2D eigenvalue weighted by atomic mass is 10.00. The Morgan fingerprint density at radius 1 is 1.00 bits per heavy atom. The minimum absolute atomic E-state index is 0.112. The molecule has 3 heteroatoms. The maximum absolute atomic E-state index is 13.7. The lowest BCUT2D eigenvalue weighted by Crippen LogP contribution is -2.06. The molecular weight excluding hydrogens is 295 g/mol.